The Bertz CT molecular complexity index is 1290. The number of hydrogen-bond donors (Lipinski definition) is 1. The molecule has 0 radical (unpaired) electrons. The molecule has 1 aromatic rings. The first kappa shape index (κ1) is 35.9. The van der Waals surface area contributed by atoms with Crippen LogP contribution in [-0.4, -0.2) is 92.6 Å². The van der Waals surface area contributed by atoms with Crippen molar-refractivity contribution in [2.45, 2.75) is 116 Å². The average molecular weight is 636 g/mol. The summed E-state index contributed by atoms with van der Waals surface area (Å²) in [7, 11) is 0. The lowest BCUT2D eigenvalue weighted by atomic mass is 9.64. The molecule has 46 heavy (non-hydrogen) atoms. The van der Waals surface area contributed by atoms with Crippen molar-refractivity contribution in [2.24, 2.45) is 17.3 Å². The topological polar surface area (TPSA) is 90.4 Å². The summed E-state index contributed by atoms with van der Waals surface area (Å²) < 4.78 is 7.09. The zero-order valence-electron chi connectivity index (χ0n) is 29.3. The number of carbonyl (C=O) groups is 3. The molecule has 1 N–H and O–H groups in total. The summed E-state index contributed by atoms with van der Waals surface area (Å²) in [6.45, 7) is 23.4. The van der Waals surface area contributed by atoms with Crippen LogP contribution in [-0.2, 0) is 25.5 Å². The molecule has 6 atom stereocenters. The number of amides is 3. The van der Waals surface area contributed by atoms with Gasteiger partial charge >= 0.3 is 0 Å². The zero-order chi connectivity index (χ0) is 34.1. The Morgan fingerprint density at radius 3 is 2.26 bits per heavy atom. The summed E-state index contributed by atoms with van der Waals surface area (Å²) in [5.41, 5.74) is -1.71. The summed E-state index contributed by atoms with van der Waals surface area (Å²) in [5.74, 6) is -2.15. The molecule has 3 heterocycles. The van der Waals surface area contributed by atoms with Gasteiger partial charge in [-0.1, -0.05) is 77.1 Å². The molecule has 254 valence electrons. The molecule has 2 bridgehead atoms. The minimum absolute atomic E-state index is 0.0733. The molecule has 0 aliphatic carbocycles. The van der Waals surface area contributed by atoms with E-state index in [4.69, 9.17) is 4.74 Å². The van der Waals surface area contributed by atoms with Crippen molar-refractivity contribution in [1.29, 1.82) is 0 Å². The van der Waals surface area contributed by atoms with Gasteiger partial charge in [-0.3, -0.25) is 14.4 Å². The van der Waals surface area contributed by atoms with Crippen LogP contribution in [0.2, 0.25) is 0 Å². The molecule has 4 rings (SSSR count). The fourth-order valence-electron chi connectivity index (χ4n) is 9.06. The Morgan fingerprint density at radius 1 is 1.07 bits per heavy atom. The van der Waals surface area contributed by atoms with Gasteiger partial charge in [0.25, 0.3) is 0 Å². The van der Waals surface area contributed by atoms with Crippen LogP contribution in [0.25, 0.3) is 0 Å². The van der Waals surface area contributed by atoms with Crippen LogP contribution >= 0.6 is 0 Å². The Hall–Kier alpha value is -2.97. The van der Waals surface area contributed by atoms with Crippen LogP contribution in [0.5, 0.6) is 0 Å². The quantitative estimate of drug-likeness (QED) is 0.261. The highest BCUT2D eigenvalue weighted by atomic mass is 16.5. The van der Waals surface area contributed by atoms with Crippen molar-refractivity contribution < 1.29 is 24.2 Å². The smallest absolute Gasteiger partial charge is 0.249 e. The second kappa shape index (κ2) is 13.6. The van der Waals surface area contributed by atoms with E-state index < -0.39 is 40.7 Å². The number of aliphatic hydroxyl groups excluding tert-OH is 1. The second-order valence-corrected chi connectivity index (χ2v) is 15.5. The van der Waals surface area contributed by atoms with Crippen molar-refractivity contribution >= 4 is 17.7 Å². The van der Waals surface area contributed by atoms with Crippen LogP contribution in [0.1, 0.15) is 86.1 Å². The van der Waals surface area contributed by atoms with E-state index in [-0.39, 0.29) is 29.7 Å². The lowest BCUT2D eigenvalue weighted by molar-refractivity contribution is -0.161. The molecule has 0 saturated carbocycles. The van der Waals surface area contributed by atoms with E-state index in [2.05, 4.69) is 47.8 Å². The molecule has 8 nitrogen and oxygen atoms in total. The molecule has 0 aromatic heterocycles. The fourth-order valence-corrected chi connectivity index (χ4v) is 9.06. The summed E-state index contributed by atoms with van der Waals surface area (Å²) in [6.07, 6.45) is 6.96. The van der Waals surface area contributed by atoms with Gasteiger partial charge in [0.05, 0.1) is 30.1 Å². The molecule has 3 aliphatic rings. The van der Waals surface area contributed by atoms with Crippen LogP contribution in [0, 0.1) is 17.3 Å². The molecule has 1 aromatic carbocycles. The van der Waals surface area contributed by atoms with E-state index in [1.807, 2.05) is 49.1 Å². The number of carbonyl (C=O) groups excluding carboxylic acids is 3. The van der Waals surface area contributed by atoms with Gasteiger partial charge in [-0.15, -0.1) is 13.2 Å². The Morgan fingerprint density at radius 2 is 1.72 bits per heavy atom. The maximum atomic E-state index is 15.2. The van der Waals surface area contributed by atoms with Crippen LogP contribution in [0.3, 0.4) is 0 Å². The molecule has 3 fully saturated rings. The van der Waals surface area contributed by atoms with E-state index in [9.17, 15) is 9.90 Å². The highest BCUT2D eigenvalue weighted by Gasteiger charge is 2.79. The van der Waals surface area contributed by atoms with E-state index in [1.54, 1.807) is 22.0 Å². The maximum Gasteiger partial charge on any atom is 0.249 e. The van der Waals surface area contributed by atoms with Gasteiger partial charge in [0.15, 0.2) is 0 Å². The normalized spacial score (nSPS) is 27.8. The average Bonchev–Trinajstić information content (AvgIpc) is 3.60. The second-order valence-electron chi connectivity index (χ2n) is 15.5. The first-order chi connectivity index (χ1) is 21.7. The monoisotopic (exact) mass is 635 g/mol. The number of likely N-dealkylation sites (tertiary alicyclic amines) is 1. The molecular weight excluding hydrogens is 578 g/mol. The van der Waals surface area contributed by atoms with Crippen LogP contribution in [0.15, 0.2) is 55.6 Å². The molecule has 3 aliphatic heterocycles. The van der Waals surface area contributed by atoms with Gasteiger partial charge in [-0.2, -0.15) is 0 Å². The Balaban J connectivity index is 1.89. The minimum Gasteiger partial charge on any atom is -0.394 e. The van der Waals surface area contributed by atoms with Gasteiger partial charge in [-0.25, -0.2) is 0 Å². The van der Waals surface area contributed by atoms with Crippen molar-refractivity contribution in [3.8, 4) is 0 Å². The number of aliphatic hydroxyl groups is 1. The van der Waals surface area contributed by atoms with Gasteiger partial charge in [-0.05, 0) is 63.4 Å². The maximum absolute atomic E-state index is 15.2. The summed E-state index contributed by atoms with van der Waals surface area (Å²) >= 11 is 0. The number of benzene rings is 1. The van der Waals surface area contributed by atoms with Crippen molar-refractivity contribution in [2.75, 3.05) is 26.2 Å². The van der Waals surface area contributed by atoms with E-state index in [0.29, 0.717) is 45.3 Å². The van der Waals surface area contributed by atoms with Crippen LogP contribution in [0.4, 0.5) is 0 Å². The SMILES string of the molecule is C=CCN(CCC)C(=O)[C@@H]1[C@H]2C(=O)N([C@@H](CO)Cc3ccccc3)C(C(=O)N(CC=C)C(C)(C)CC(C)(C)C)C23CC[C@@]1(CC)O3. The van der Waals surface area contributed by atoms with E-state index >= 15 is 9.59 Å². The predicted octanol–water partition coefficient (Wildman–Crippen LogP) is 5.40. The fraction of sp³-hybridized carbons (Fsp3) is 0.658. The van der Waals surface area contributed by atoms with E-state index in [1.165, 1.54) is 0 Å². The molecule has 1 spiro atoms. The summed E-state index contributed by atoms with van der Waals surface area (Å²) in [4.78, 5) is 50.0. The molecular formula is C38H57N3O5. The van der Waals surface area contributed by atoms with Gasteiger partial charge < -0.3 is 24.5 Å². The van der Waals surface area contributed by atoms with E-state index in [0.717, 1.165) is 18.4 Å². The number of rotatable bonds is 15. The van der Waals surface area contributed by atoms with Crippen LogP contribution < -0.4 is 0 Å². The lowest BCUT2D eigenvalue weighted by Crippen LogP contribution is -2.62. The molecule has 8 heteroatoms. The number of ether oxygens (including phenoxy) is 1. The standard InChI is InChI=1S/C38H57N3O5/c1-10-21-39(22-11-2)32(43)29-30-33(44)41(28(25-42)24-27-17-15-14-16-18-27)31(38(30)20-19-37(29,13-4)46-38)34(45)40(23-12-3)36(8,9)26-35(5,6)7/h10,12,14-18,28-31,42H,1,3,11,13,19-26H2,2,4-9H3/t28-,29+,30+,31?,37-,38?/m1/s1. The van der Waals surface area contributed by atoms with Crippen molar-refractivity contribution in [1.82, 2.24) is 14.7 Å². The van der Waals surface area contributed by atoms with Gasteiger partial charge in [0.1, 0.15) is 11.6 Å². The number of fused-ring (bicyclic) bond motifs is 1. The highest BCUT2D eigenvalue weighted by Crippen LogP contribution is 2.65. The molecule has 2 unspecified atom stereocenters. The predicted molar refractivity (Wildman–Crippen MR) is 182 cm³/mol. The molecule has 3 saturated heterocycles. The number of nitrogens with zero attached hydrogens (tertiary/aromatic N) is 3. The minimum atomic E-state index is -1.18. The van der Waals surface area contributed by atoms with Gasteiger partial charge in [0, 0.05) is 25.2 Å². The largest absolute Gasteiger partial charge is 0.394 e. The van der Waals surface area contributed by atoms with Crippen molar-refractivity contribution in [3.63, 3.8) is 0 Å². The first-order valence-electron chi connectivity index (χ1n) is 17.2. The third-order valence-corrected chi connectivity index (χ3v) is 10.5. The number of hydrogen-bond acceptors (Lipinski definition) is 5. The van der Waals surface area contributed by atoms with Gasteiger partial charge in [0.2, 0.25) is 17.7 Å². The zero-order valence-corrected chi connectivity index (χ0v) is 29.3. The first-order valence-corrected chi connectivity index (χ1v) is 17.2. The Labute approximate surface area is 276 Å². The third kappa shape index (κ3) is 6.32. The highest BCUT2D eigenvalue weighted by molar-refractivity contribution is 5.99. The summed E-state index contributed by atoms with van der Waals surface area (Å²) in [5, 5.41) is 10.9. The summed E-state index contributed by atoms with van der Waals surface area (Å²) in [6, 6.07) is 8.06. The molecule has 3 amide bonds. The van der Waals surface area contributed by atoms with Crippen molar-refractivity contribution in [3.05, 3.63) is 61.2 Å². The Kier molecular flexibility index (Phi) is 10.6. The third-order valence-electron chi connectivity index (χ3n) is 10.5. The lowest BCUT2D eigenvalue weighted by Gasteiger charge is -2.46.